The Morgan fingerprint density at radius 3 is 2.48 bits per heavy atom. The zero-order valence-corrected chi connectivity index (χ0v) is 16.9. The maximum Gasteiger partial charge on any atom is 0.248 e. The Morgan fingerprint density at radius 1 is 1.12 bits per heavy atom. The van der Waals surface area contributed by atoms with Crippen molar-refractivity contribution in [2.45, 2.75) is 19.4 Å². The molecule has 0 bridgehead atoms. The van der Waals surface area contributed by atoms with Crippen LogP contribution in [0, 0.1) is 0 Å². The van der Waals surface area contributed by atoms with E-state index in [1.165, 1.54) is 5.56 Å². The summed E-state index contributed by atoms with van der Waals surface area (Å²) in [5.74, 6) is 0.682. The van der Waals surface area contributed by atoms with Crippen LogP contribution in [0.4, 0.5) is 0 Å². The van der Waals surface area contributed by atoms with Crippen molar-refractivity contribution in [1.29, 1.82) is 0 Å². The van der Waals surface area contributed by atoms with Gasteiger partial charge in [0.2, 0.25) is 5.91 Å². The standard InChI is InChI=1S/C19H24N4O.HI/c1-14(16-8-4-3-5-9-16)12-22-19(21-2)23-13-15-7-6-10-17(11-15)18(20)24;/h3-11,14H,12-13H2,1-2H3,(H2,20,24)(H2,21,22,23);1H. The van der Waals surface area contributed by atoms with Crippen LogP contribution in [0.3, 0.4) is 0 Å². The van der Waals surface area contributed by atoms with Gasteiger partial charge in [-0.2, -0.15) is 0 Å². The summed E-state index contributed by atoms with van der Waals surface area (Å²) in [6.45, 7) is 3.53. The molecule has 6 heteroatoms. The molecule has 0 radical (unpaired) electrons. The normalized spacial score (nSPS) is 12.0. The van der Waals surface area contributed by atoms with Crippen LogP contribution in [-0.4, -0.2) is 25.5 Å². The van der Waals surface area contributed by atoms with Gasteiger partial charge in [-0.25, -0.2) is 0 Å². The Balaban J connectivity index is 0.00000312. The number of amides is 1. The van der Waals surface area contributed by atoms with Gasteiger partial charge in [-0.05, 0) is 29.2 Å². The van der Waals surface area contributed by atoms with Crippen molar-refractivity contribution in [1.82, 2.24) is 10.6 Å². The lowest BCUT2D eigenvalue weighted by Gasteiger charge is -2.16. The van der Waals surface area contributed by atoms with Crippen LogP contribution in [0.25, 0.3) is 0 Å². The second kappa shape index (κ2) is 10.7. The van der Waals surface area contributed by atoms with E-state index in [9.17, 15) is 4.79 Å². The molecule has 4 N–H and O–H groups in total. The number of hydrogen-bond acceptors (Lipinski definition) is 2. The topological polar surface area (TPSA) is 79.5 Å². The first-order valence-corrected chi connectivity index (χ1v) is 7.98. The summed E-state index contributed by atoms with van der Waals surface area (Å²) in [6, 6.07) is 17.6. The third-order valence-electron chi connectivity index (χ3n) is 3.84. The van der Waals surface area contributed by atoms with E-state index in [4.69, 9.17) is 5.73 Å². The molecule has 0 aliphatic heterocycles. The highest BCUT2D eigenvalue weighted by atomic mass is 127. The van der Waals surface area contributed by atoms with Crippen LogP contribution in [0.5, 0.6) is 0 Å². The first-order chi connectivity index (χ1) is 11.6. The lowest BCUT2D eigenvalue weighted by Crippen LogP contribution is -2.38. The quantitative estimate of drug-likeness (QED) is 0.358. The number of nitrogens with zero attached hydrogens (tertiary/aromatic N) is 1. The molecule has 0 heterocycles. The molecule has 0 aliphatic carbocycles. The summed E-state index contributed by atoms with van der Waals surface area (Å²) in [6.07, 6.45) is 0. The second-order valence-electron chi connectivity index (χ2n) is 5.68. The fourth-order valence-corrected chi connectivity index (χ4v) is 2.39. The van der Waals surface area contributed by atoms with E-state index in [0.717, 1.165) is 18.1 Å². The van der Waals surface area contributed by atoms with Crippen molar-refractivity contribution < 1.29 is 4.79 Å². The molecule has 134 valence electrons. The van der Waals surface area contributed by atoms with Crippen LogP contribution in [-0.2, 0) is 6.54 Å². The molecular weight excluding hydrogens is 427 g/mol. The Bertz CT molecular complexity index is 704. The molecule has 2 aromatic carbocycles. The predicted octanol–water partition coefficient (Wildman–Crippen LogP) is 2.87. The number of carbonyl (C=O) groups excluding carboxylic acids is 1. The largest absolute Gasteiger partial charge is 0.366 e. The van der Waals surface area contributed by atoms with E-state index in [0.29, 0.717) is 18.0 Å². The van der Waals surface area contributed by atoms with Crippen LogP contribution >= 0.6 is 24.0 Å². The molecule has 0 saturated carbocycles. The summed E-state index contributed by atoms with van der Waals surface area (Å²) in [4.78, 5) is 15.5. The molecule has 1 atom stereocenters. The number of primary amides is 1. The summed E-state index contributed by atoms with van der Waals surface area (Å²) >= 11 is 0. The maximum atomic E-state index is 11.2. The summed E-state index contributed by atoms with van der Waals surface area (Å²) in [5.41, 5.74) is 8.08. The Labute approximate surface area is 166 Å². The van der Waals surface area contributed by atoms with Gasteiger partial charge in [0, 0.05) is 25.7 Å². The summed E-state index contributed by atoms with van der Waals surface area (Å²) in [7, 11) is 1.74. The molecule has 0 fully saturated rings. The molecule has 2 aromatic rings. The number of aliphatic imine (C=N–C) groups is 1. The van der Waals surface area contributed by atoms with Crippen molar-refractivity contribution in [2.75, 3.05) is 13.6 Å². The van der Waals surface area contributed by atoms with Crippen LogP contribution in [0.15, 0.2) is 59.6 Å². The molecule has 25 heavy (non-hydrogen) atoms. The van der Waals surface area contributed by atoms with E-state index in [-0.39, 0.29) is 24.0 Å². The van der Waals surface area contributed by atoms with Gasteiger partial charge < -0.3 is 16.4 Å². The van der Waals surface area contributed by atoms with E-state index in [1.807, 2.05) is 30.3 Å². The van der Waals surface area contributed by atoms with Gasteiger partial charge in [0.1, 0.15) is 0 Å². The molecule has 2 rings (SSSR count). The highest BCUT2D eigenvalue weighted by Gasteiger charge is 2.06. The Hall–Kier alpha value is -2.09. The van der Waals surface area contributed by atoms with E-state index >= 15 is 0 Å². The molecule has 1 unspecified atom stereocenters. The third-order valence-corrected chi connectivity index (χ3v) is 3.84. The third kappa shape index (κ3) is 6.74. The highest BCUT2D eigenvalue weighted by Crippen LogP contribution is 2.12. The van der Waals surface area contributed by atoms with Crippen LogP contribution in [0.1, 0.15) is 34.3 Å². The van der Waals surface area contributed by atoms with E-state index in [1.54, 1.807) is 19.2 Å². The lowest BCUT2D eigenvalue weighted by atomic mass is 10.0. The van der Waals surface area contributed by atoms with Gasteiger partial charge in [0.05, 0.1) is 0 Å². The van der Waals surface area contributed by atoms with Gasteiger partial charge in [-0.3, -0.25) is 9.79 Å². The number of nitrogens with two attached hydrogens (primary N) is 1. The summed E-state index contributed by atoms with van der Waals surface area (Å²) < 4.78 is 0. The minimum Gasteiger partial charge on any atom is -0.366 e. The molecule has 0 saturated heterocycles. The zero-order valence-electron chi connectivity index (χ0n) is 14.5. The van der Waals surface area contributed by atoms with Crippen molar-refractivity contribution in [2.24, 2.45) is 10.7 Å². The van der Waals surface area contributed by atoms with Crippen molar-refractivity contribution in [3.05, 3.63) is 71.3 Å². The second-order valence-corrected chi connectivity index (χ2v) is 5.68. The fraction of sp³-hybridized carbons (Fsp3) is 0.263. The Morgan fingerprint density at radius 2 is 1.84 bits per heavy atom. The monoisotopic (exact) mass is 452 g/mol. The number of halogens is 1. The summed E-state index contributed by atoms with van der Waals surface area (Å²) in [5, 5.41) is 6.57. The number of guanidine groups is 1. The number of benzene rings is 2. The van der Waals surface area contributed by atoms with Crippen molar-refractivity contribution in [3.8, 4) is 0 Å². The van der Waals surface area contributed by atoms with Gasteiger partial charge in [-0.15, -0.1) is 24.0 Å². The average Bonchev–Trinajstić information content (AvgIpc) is 2.62. The number of rotatable bonds is 6. The highest BCUT2D eigenvalue weighted by molar-refractivity contribution is 14.0. The molecule has 5 nitrogen and oxygen atoms in total. The SMILES string of the molecule is CN=C(NCc1cccc(C(N)=O)c1)NCC(C)c1ccccc1.I. The fourth-order valence-electron chi connectivity index (χ4n) is 2.39. The Kier molecular flexibility index (Phi) is 8.98. The van der Waals surface area contributed by atoms with Gasteiger partial charge >= 0.3 is 0 Å². The smallest absolute Gasteiger partial charge is 0.248 e. The van der Waals surface area contributed by atoms with Gasteiger partial charge in [0.15, 0.2) is 5.96 Å². The van der Waals surface area contributed by atoms with E-state index < -0.39 is 5.91 Å². The minimum atomic E-state index is -0.420. The number of nitrogens with one attached hydrogen (secondary N) is 2. The molecular formula is C19H25IN4O. The molecule has 0 aromatic heterocycles. The molecule has 0 spiro atoms. The maximum absolute atomic E-state index is 11.2. The predicted molar refractivity (Wildman–Crippen MR) is 113 cm³/mol. The molecule has 0 aliphatic rings. The van der Waals surface area contributed by atoms with Crippen LogP contribution in [0.2, 0.25) is 0 Å². The minimum absolute atomic E-state index is 0. The zero-order chi connectivity index (χ0) is 17.4. The van der Waals surface area contributed by atoms with Crippen molar-refractivity contribution in [3.63, 3.8) is 0 Å². The molecule has 1 amide bonds. The van der Waals surface area contributed by atoms with Crippen LogP contribution < -0.4 is 16.4 Å². The van der Waals surface area contributed by atoms with Crippen molar-refractivity contribution >= 4 is 35.8 Å². The average molecular weight is 452 g/mol. The lowest BCUT2D eigenvalue weighted by molar-refractivity contribution is 0.1000. The van der Waals surface area contributed by atoms with Gasteiger partial charge in [-0.1, -0.05) is 49.4 Å². The van der Waals surface area contributed by atoms with Gasteiger partial charge in [0.25, 0.3) is 0 Å². The first-order valence-electron chi connectivity index (χ1n) is 7.98. The first kappa shape index (κ1) is 21.0. The number of carbonyl (C=O) groups is 1. The van der Waals surface area contributed by atoms with E-state index in [2.05, 4.69) is 34.7 Å². The number of hydrogen-bond donors (Lipinski definition) is 3.